The molecule has 13 heavy (non-hydrogen) atoms. The van der Waals surface area contributed by atoms with Gasteiger partial charge in [0, 0.05) is 31.7 Å². The van der Waals surface area contributed by atoms with E-state index in [1.807, 2.05) is 6.92 Å². The zero-order chi connectivity index (χ0) is 9.47. The molecule has 1 saturated carbocycles. The van der Waals surface area contributed by atoms with Gasteiger partial charge in [0.25, 0.3) is 0 Å². The molecule has 0 bridgehead atoms. The summed E-state index contributed by atoms with van der Waals surface area (Å²) in [6.45, 7) is 6.72. The SMILES string of the molecule is CC1CNCC(C)(O)CN1C1CC1. The molecular formula is C10H20N2O. The average molecular weight is 184 g/mol. The fourth-order valence-electron chi connectivity index (χ4n) is 2.17. The van der Waals surface area contributed by atoms with Crippen molar-refractivity contribution in [1.82, 2.24) is 10.2 Å². The normalized spacial score (nSPS) is 43.2. The van der Waals surface area contributed by atoms with E-state index >= 15 is 0 Å². The van der Waals surface area contributed by atoms with Crippen molar-refractivity contribution >= 4 is 0 Å². The Hall–Kier alpha value is -0.120. The van der Waals surface area contributed by atoms with Gasteiger partial charge in [0.15, 0.2) is 0 Å². The molecule has 1 aliphatic heterocycles. The van der Waals surface area contributed by atoms with Crippen LogP contribution in [0.3, 0.4) is 0 Å². The highest BCUT2D eigenvalue weighted by atomic mass is 16.3. The monoisotopic (exact) mass is 184 g/mol. The number of hydrogen-bond donors (Lipinski definition) is 2. The second kappa shape index (κ2) is 3.23. The number of nitrogens with zero attached hydrogens (tertiary/aromatic N) is 1. The zero-order valence-corrected chi connectivity index (χ0v) is 8.58. The molecule has 0 aromatic heterocycles. The third-order valence-corrected chi connectivity index (χ3v) is 3.05. The molecular weight excluding hydrogens is 164 g/mol. The number of rotatable bonds is 1. The highest BCUT2D eigenvalue weighted by molar-refractivity contribution is 4.95. The van der Waals surface area contributed by atoms with E-state index < -0.39 is 5.60 Å². The van der Waals surface area contributed by atoms with E-state index in [9.17, 15) is 5.11 Å². The molecule has 2 rings (SSSR count). The summed E-state index contributed by atoms with van der Waals surface area (Å²) >= 11 is 0. The quantitative estimate of drug-likeness (QED) is 0.611. The minimum Gasteiger partial charge on any atom is -0.388 e. The van der Waals surface area contributed by atoms with E-state index in [2.05, 4.69) is 17.1 Å². The molecule has 1 saturated heterocycles. The lowest BCUT2D eigenvalue weighted by atomic mass is 10.1. The molecule has 2 aliphatic rings. The molecule has 0 aromatic carbocycles. The molecule has 3 nitrogen and oxygen atoms in total. The maximum absolute atomic E-state index is 10.0. The fourth-order valence-corrected chi connectivity index (χ4v) is 2.17. The summed E-state index contributed by atoms with van der Waals surface area (Å²) in [4.78, 5) is 2.46. The van der Waals surface area contributed by atoms with Gasteiger partial charge in [-0.1, -0.05) is 0 Å². The van der Waals surface area contributed by atoms with Crippen molar-refractivity contribution in [3.05, 3.63) is 0 Å². The minimum absolute atomic E-state index is 0.548. The number of β-amino-alcohol motifs (C(OH)–C–C–N with tert-alkyl or cyclic N) is 1. The first-order valence-electron chi connectivity index (χ1n) is 5.27. The van der Waals surface area contributed by atoms with Crippen LogP contribution in [0.1, 0.15) is 26.7 Å². The molecule has 0 radical (unpaired) electrons. The van der Waals surface area contributed by atoms with Crippen molar-refractivity contribution in [3.8, 4) is 0 Å². The van der Waals surface area contributed by atoms with Crippen LogP contribution in [0.5, 0.6) is 0 Å². The van der Waals surface area contributed by atoms with Crippen LogP contribution >= 0.6 is 0 Å². The van der Waals surface area contributed by atoms with Crippen molar-refractivity contribution in [2.45, 2.75) is 44.4 Å². The third-order valence-electron chi connectivity index (χ3n) is 3.05. The number of hydrogen-bond acceptors (Lipinski definition) is 3. The van der Waals surface area contributed by atoms with Crippen LogP contribution in [-0.2, 0) is 0 Å². The Labute approximate surface area is 80.1 Å². The van der Waals surface area contributed by atoms with Crippen molar-refractivity contribution in [2.75, 3.05) is 19.6 Å². The summed E-state index contributed by atoms with van der Waals surface area (Å²) in [5.74, 6) is 0. The molecule has 1 heterocycles. The van der Waals surface area contributed by atoms with E-state index in [-0.39, 0.29) is 0 Å². The molecule has 2 unspecified atom stereocenters. The Kier molecular flexibility index (Phi) is 2.34. The van der Waals surface area contributed by atoms with Gasteiger partial charge in [-0.2, -0.15) is 0 Å². The first-order chi connectivity index (χ1) is 6.08. The van der Waals surface area contributed by atoms with E-state index in [4.69, 9.17) is 0 Å². The Bertz CT molecular complexity index is 189. The zero-order valence-electron chi connectivity index (χ0n) is 8.58. The van der Waals surface area contributed by atoms with E-state index in [1.54, 1.807) is 0 Å². The molecule has 0 spiro atoms. The maximum Gasteiger partial charge on any atom is 0.0869 e. The van der Waals surface area contributed by atoms with Crippen LogP contribution in [-0.4, -0.2) is 47.3 Å². The lowest BCUT2D eigenvalue weighted by molar-refractivity contribution is 0.0236. The Balaban J connectivity index is 2.03. The molecule has 2 atom stereocenters. The summed E-state index contributed by atoms with van der Waals surface area (Å²) in [5.41, 5.74) is -0.548. The smallest absolute Gasteiger partial charge is 0.0869 e. The van der Waals surface area contributed by atoms with Crippen LogP contribution in [0.25, 0.3) is 0 Å². The van der Waals surface area contributed by atoms with Gasteiger partial charge < -0.3 is 10.4 Å². The topological polar surface area (TPSA) is 35.5 Å². The second-order valence-electron chi connectivity index (χ2n) is 4.88. The van der Waals surface area contributed by atoms with Crippen molar-refractivity contribution in [3.63, 3.8) is 0 Å². The Morgan fingerprint density at radius 1 is 1.46 bits per heavy atom. The van der Waals surface area contributed by atoms with Crippen molar-refractivity contribution < 1.29 is 5.11 Å². The van der Waals surface area contributed by atoms with E-state index in [0.29, 0.717) is 6.04 Å². The van der Waals surface area contributed by atoms with Gasteiger partial charge in [-0.05, 0) is 26.7 Å². The van der Waals surface area contributed by atoms with Gasteiger partial charge in [-0.25, -0.2) is 0 Å². The van der Waals surface area contributed by atoms with Crippen molar-refractivity contribution in [2.24, 2.45) is 0 Å². The molecule has 2 N–H and O–H groups in total. The molecule has 0 amide bonds. The second-order valence-corrected chi connectivity index (χ2v) is 4.88. The lowest BCUT2D eigenvalue weighted by Crippen LogP contribution is -2.45. The van der Waals surface area contributed by atoms with Crippen LogP contribution in [0, 0.1) is 0 Å². The summed E-state index contributed by atoms with van der Waals surface area (Å²) in [6, 6.07) is 1.32. The lowest BCUT2D eigenvalue weighted by Gasteiger charge is -2.31. The number of aliphatic hydroxyl groups is 1. The van der Waals surface area contributed by atoms with Gasteiger partial charge in [0.2, 0.25) is 0 Å². The van der Waals surface area contributed by atoms with Crippen LogP contribution in [0.15, 0.2) is 0 Å². The van der Waals surface area contributed by atoms with E-state index in [1.165, 1.54) is 12.8 Å². The highest BCUT2D eigenvalue weighted by Gasteiger charge is 2.38. The molecule has 0 aromatic rings. The highest BCUT2D eigenvalue weighted by Crippen LogP contribution is 2.30. The van der Waals surface area contributed by atoms with Gasteiger partial charge in [-0.15, -0.1) is 0 Å². The first-order valence-corrected chi connectivity index (χ1v) is 5.27. The van der Waals surface area contributed by atoms with Crippen LogP contribution in [0.2, 0.25) is 0 Å². The summed E-state index contributed by atoms with van der Waals surface area (Å²) in [6.07, 6.45) is 2.64. The Morgan fingerprint density at radius 2 is 2.15 bits per heavy atom. The van der Waals surface area contributed by atoms with Crippen molar-refractivity contribution in [1.29, 1.82) is 0 Å². The minimum atomic E-state index is -0.548. The molecule has 2 fully saturated rings. The fraction of sp³-hybridized carbons (Fsp3) is 1.00. The van der Waals surface area contributed by atoms with Gasteiger partial charge in [0.1, 0.15) is 0 Å². The summed E-state index contributed by atoms with van der Waals surface area (Å²) < 4.78 is 0. The largest absolute Gasteiger partial charge is 0.388 e. The molecule has 3 heteroatoms. The predicted molar refractivity (Wildman–Crippen MR) is 52.7 cm³/mol. The Morgan fingerprint density at radius 3 is 2.77 bits per heavy atom. The maximum atomic E-state index is 10.0. The van der Waals surface area contributed by atoms with E-state index in [0.717, 1.165) is 25.7 Å². The summed E-state index contributed by atoms with van der Waals surface area (Å²) in [7, 11) is 0. The number of nitrogens with one attached hydrogen (secondary N) is 1. The van der Waals surface area contributed by atoms with Gasteiger partial charge in [0.05, 0.1) is 5.60 Å². The standard InChI is InChI=1S/C10H20N2O/c1-8-5-11-6-10(2,13)7-12(8)9-3-4-9/h8-9,11,13H,3-7H2,1-2H3. The van der Waals surface area contributed by atoms with Crippen LogP contribution in [0.4, 0.5) is 0 Å². The van der Waals surface area contributed by atoms with Gasteiger partial charge in [-0.3, -0.25) is 4.90 Å². The third kappa shape index (κ3) is 2.22. The van der Waals surface area contributed by atoms with Gasteiger partial charge >= 0.3 is 0 Å². The first kappa shape index (κ1) is 9.44. The predicted octanol–water partition coefficient (Wildman–Crippen LogP) is 0.194. The molecule has 76 valence electrons. The van der Waals surface area contributed by atoms with Crippen LogP contribution < -0.4 is 5.32 Å². The summed E-state index contributed by atoms with van der Waals surface area (Å²) in [5, 5.41) is 13.3. The molecule has 1 aliphatic carbocycles. The average Bonchev–Trinajstić information content (AvgIpc) is 2.80.